The number of aldehydes is 1. The molecule has 2 aliphatic carbocycles. The lowest BCUT2D eigenvalue weighted by molar-refractivity contribution is -0.141. The predicted molar refractivity (Wildman–Crippen MR) is 158 cm³/mol. The number of hydrogen-bond donors (Lipinski definition) is 4. The lowest BCUT2D eigenvalue weighted by Crippen LogP contribution is -2.57. The highest BCUT2D eigenvalue weighted by Crippen LogP contribution is 2.38. The maximum atomic E-state index is 13.3. The van der Waals surface area contributed by atoms with E-state index >= 15 is 0 Å². The standard InChI is InChI=1S/C32H40ClN3O6/c33-26-13-7-12-25(18-26)21-42-30(40)34-27(19-23-8-3-1-4-9-23)29(39)36-32(41,22-37)15-14-28(38)35-31(16-17-31)20-24-10-5-2-6-11-24/h2,5-7,10-13,18,22-23,27,41H,1,3-4,8-9,14-17,19-21H2,(H,34,40)(H,35,38)(H,36,39)/t27-,32?/m0/s1. The molecule has 0 saturated heterocycles. The fourth-order valence-electron chi connectivity index (χ4n) is 5.54. The maximum absolute atomic E-state index is 13.3. The second kappa shape index (κ2) is 14.6. The number of halogens is 1. The zero-order valence-electron chi connectivity index (χ0n) is 23.8. The number of nitrogens with one attached hydrogen (secondary N) is 3. The molecular formula is C32H40ClN3O6. The second-order valence-electron chi connectivity index (χ2n) is 11.7. The second-order valence-corrected chi connectivity index (χ2v) is 12.1. The molecule has 2 aromatic rings. The van der Waals surface area contributed by atoms with Crippen molar-refractivity contribution in [3.05, 3.63) is 70.7 Å². The number of carbonyl (C=O) groups excluding carboxylic acids is 4. The number of amides is 3. The van der Waals surface area contributed by atoms with E-state index in [2.05, 4.69) is 16.0 Å². The fourth-order valence-corrected chi connectivity index (χ4v) is 5.76. The van der Waals surface area contributed by atoms with Gasteiger partial charge in [0.05, 0.1) is 0 Å². The van der Waals surface area contributed by atoms with Gasteiger partial charge in [-0.05, 0) is 54.9 Å². The average molecular weight is 598 g/mol. The van der Waals surface area contributed by atoms with Crippen LogP contribution < -0.4 is 16.0 Å². The summed E-state index contributed by atoms with van der Waals surface area (Å²) in [5, 5.41) is 19.5. The van der Waals surface area contributed by atoms with E-state index in [-0.39, 0.29) is 43.1 Å². The Kier molecular flexibility index (Phi) is 11.0. The summed E-state index contributed by atoms with van der Waals surface area (Å²) in [6.07, 6.45) is 6.77. The van der Waals surface area contributed by atoms with Gasteiger partial charge in [0.25, 0.3) is 0 Å². The minimum atomic E-state index is -2.26. The molecule has 0 aliphatic heterocycles. The first-order valence-corrected chi connectivity index (χ1v) is 15.1. The Morgan fingerprint density at radius 3 is 2.43 bits per heavy atom. The van der Waals surface area contributed by atoms with Crippen molar-refractivity contribution in [2.24, 2.45) is 5.92 Å². The van der Waals surface area contributed by atoms with Gasteiger partial charge in [-0.25, -0.2) is 4.79 Å². The van der Waals surface area contributed by atoms with Crippen molar-refractivity contribution in [3.63, 3.8) is 0 Å². The monoisotopic (exact) mass is 597 g/mol. The number of ether oxygens (including phenoxy) is 1. The van der Waals surface area contributed by atoms with Crippen molar-refractivity contribution >= 4 is 35.8 Å². The van der Waals surface area contributed by atoms with Crippen LogP contribution in [0.5, 0.6) is 0 Å². The average Bonchev–Trinajstić information content (AvgIpc) is 3.74. The Morgan fingerprint density at radius 2 is 1.76 bits per heavy atom. The first kappa shape index (κ1) is 31.5. The summed E-state index contributed by atoms with van der Waals surface area (Å²) in [5.41, 5.74) is -0.769. The van der Waals surface area contributed by atoms with Crippen molar-refractivity contribution < 1.29 is 29.0 Å². The van der Waals surface area contributed by atoms with Gasteiger partial charge in [-0.2, -0.15) is 0 Å². The first-order valence-electron chi connectivity index (χ1n) is 14.7. The van der Waals surface area contributed by atoms with Gasteiger partial charge < -0.3 is 25.8 Å². The van der Waals surface area contributed by atoms with Gasteiger partial charge in [-0.1, -0.05) is 86.2 Å². The summed E-state index contributed by atoms with van der Waals surface area (Å²) >= 11 is 6.00. The van der Waals surface area contributed by atoms with Crippen LogP contribution in [0.25, 0.3) is 0 Å². The van der Waals surface area contributed by atoms with Gasteiger partial charge in [0.1, 0.15) is 12.6 Å². The van der Waals surface area contributed by atoms with Crippen LogP contribution in [-0.4, -0.2) is 46.6 Å². The molecule has 0 radical (unpaired) electrons. The summed E-state index contributed by atoms with van der Waals surface area (Å²) in [4.78, 5) is 50.6. The summed E-state index contributed by atoms with van der Waals surface area (Å²) in [6, 6.07) is 15.7. The van der Waals surface area contributed by atoms with E-state index < -0.39 is 23.8 Å². The van der Waals surface area contributed by atoms with E-state index in [1.54, 1.807) is 24.3 Å². The lowest BCUT2D eigenvalue weighted by atomic mass is 9.84. The van der Waals surface area contributed by atoms with E-state index in [0.717, 1.165) is 50.5 Å². The van der Waals surface area contributed by atoms with E-state index in [0.29, 0.717) is 23.4 Å². The molecule has 2 saturated carbocycles. The molecule has 42 heavy (non-hydrogen) atoms. The molecule has 10 heteroatoms. The predicted octanol–water partition coefficient (Wildman–Crippen LogP) is 4.58. The molecular weight excluding hydrogens is 558 g/mol. The zero-order valence-corrected chi connectivity index (χ0v) is 24.5. The molecule has 0 spiro atoms. The Balaban J connectivity index is 1.32. The van der Waals surface area contributed by atoms with Crippen molar-refractivity contribution in [3.8, 4) is 0 Å². The maximum Gasteiger partial charge on any atom is 0.408 e. The number of carbonyl (C=O) groups is 4. The van der Waals surface area contributed by atoms with Gasteiger partial charge in [0, 0.05) is 23.4 Å². The van der Waals surface area contributed by atoms with E-state index in [4.69, 9.17) is 16.3 Å². The first-order chi connectivity index (χ1) is 20.2. The number of rotatable bonds is 14. The van der Waals surface area contributed by atoms with Crippen molar-refractivity contribution in [1.82, 2.24) is 16.0 Å². The van der Waals surface area contributed by atoms with E-state index in [9.17, 15) is 24.3 Å². The Morgan fingerprint density at radius 1 is 1.05 bits per heavy atom. The highest BCUT2D eigenvalue weighted by molar-refractivity contribution is 6.30. The molecule has 3 amide bonds. The molecule has 2 aliphatic rings. The van der Waals surface area contributed by atoms with Crippen LogP contribution in [0, 0.1) is 5.92 Å². The smallest absolute Gasteiger partial charge is 0.408 e. The van der Waals surface area contributed by atoms with Crippen LogP contribution in [0.4, 0.5) is 4.79 Å². The molecule has 4 N–H and O–H groups in total. The molecule has 9 nitrogen and oxygen atoms in total. The molecule has 0 bridgehead atoms. The topological polar surface area (TPSA) is 134 Å². The number of benzene rings is 2. The van der Waals surface area contributed by atoms with Crippen LogP contribution in [0.1, 0.15) is 75.3 Å². The molecule has 0 aromatic heterocycles. The van der Waals surface area contributed by atoms with Gasteiger partial charge in [-0.3, -0.25) is 14.4 Å². The minimum Gasteiger partial charge on any atom is -0.445 e. The third-order valence-electron chi connectivity index (χ3n) is 8.07. The Labute approximate surface area is 251 Å². The van der Waals surface area contributed by atoms with Crippen LogP contribution >= 0.6 is 11.6 Å². The summed E-state index contributed by atoms with van der Waals surface area (Å²) in [6.45, 7) is -0.0384. The minimum absolute atomic E-state index is 0.0384. The number of alkyl carbamates (subject to hydrolysis) is 1. The molecule has 2 fully saturated rings. The van der Waals surface area contributed by atoms with Crippen molar-refractivity contribution in [1.29, 1.82) is 0 Å². The highest BCUT2D eigenvalue weighted by atomic mass is 35.5. The zero-order chi connectivity index (χ0) is 30.0. The number of hydrogen-bond acceptors (Lipinski definition) is 6. The lowest BCUT2D eigenvalue weighted by Gasteiger charge is -2.29. The van der Waals surface area contributed by atoms with E-state index in [1.807, 2.05) is 30.3 Å². The van der Waals surface area contributed by atoms with Crippen LogP contribution in [0.15, 0.2) is 54.6 Å². The molecule has 4 rings (SSSR count). The van der Waals surface area contributed by atoms with Crippen molar-refractivity contribution in [2.75, 3.05) is 0 Å². The SMILES string of the molecule is O=CC(O)(CCC(=O)NC1(Cc2ccccc2)CC1)NC(=O)[C@H](CC1CCCCC1)NC(=O)OCc1cccc(Cl)c1. The molecule has 1 unspecified atom stereocenters. The van der Waals surface area contributed by atoms with Gasteiger partial charge in [0.15, 0.2) is 12.0 Å². The van der Waals surface area contributed by atoms with Crippen molar-refractivity contribution in [2.45, 2.75) is 94.5 Å². The highest BCUT2D eigenvalue weighted by Gasteiger charge is 2.44. The fraction of sp³-hybridized carbons (Fsp3) is 0.500. The molecule has 2 atom stereocenters. The Bertz CT molecular complexity index is 1230. The van der Waals surface area contributed by atoms with Crippen LogP contribution in [0.2, 0.25) is 5.02 Å². The van der Waals surface area contributed by atoms with Crippen LogP contribution in [-0.2, 0) is 32.1 Å². The summed E-state index contributed by atoms with van der Waals surface area (Å²) < 4.78 is 5.31. The molecule has 2 aromatic carbocycles. The largest absolute Gasteiger partial charge is 0.445 e. The van der Waals surface area contributed by atoms with E-state index in [1.165, 1.54) is 0 Å². The Hall–Kier alpha value is -3.43. The van der Waals surface area contributed by atoms with Gasteiger partial charge in [-0.15, -0.1) is 0 Å². The molecule has 226 valence electrons. The normalized spacial score (nSPS) is 18.1. The third-order valence-corrected chi connectivity index (χ3v) is 8.31. The molecule has 0 heterocycles. The number of aliphatic hydroxyl groups is 1. The third kappa shape index (κ3) is 9.84. The quantitative estimate of drug-likeness (QED) is 0.186. The van der Waals surface area contributed by atoms with Crippen LogP contribution in [0.3, 0.4) is 0 Å². The summed E-state index contributed by atoms with van der Waals surface area (Å²) in [7, 11) is 0. The van der Waals surface area contributed by atoms with Gasteiger partial charge in [0.2, 0.25) is 11.8 Å². The van der Waals surface area contributed by atoms with Gasteiger partial charge >= 0.3 is 6.09 Å². The summed E-state index contributed by atoms with van der Waals surface area (Å²) in [5.74, 6) is -0.811.